The minimum atomic E-state index is -0.268. The zero-order valence-electron chi connectivity index (χ0n) is 50.8. The molecular weight excluding hydrogens is 1040 g/mol. The average Bonchev–Trinajstić information content (AvgIpc) is 1.90. The number of hydrogen-bond acceptors (Lipinski definition) is 3. The van der Waals surface area contributed by atoms with Gasteiger partial charge in [0.1, 0.15) is 5.75 Å². The third-order valence-corrected chi connectivity index (χ3v) is 19.8. The first-order valence-corrected chi connectivity index (χ1v) is 32.2. The van der Waals surface area contributed by atoms with Crippen molar-refractivity contribution < 1.29 is 4.74 Å². The van der Waals surface area contributed by atoms with Gasteiger partial charge in [0.2, 0.25) is 0 Å². The fourth-order valence-electron chi connectivity index (χ4n) is 15.2. The van der Waals surface area contributed by atoms with Crippen LogP contribution in [0.2, 0.25) is 0 Å². The molecule has 1 fully saturated rings. The summed E-state index contributed by atoms with van der Waals surface area (Å²) in [6, 6.07) is 68.7. The second-order valence-electron chi connectivity index (χ2n) is 26.0. The highest BCUT2D eigenvalue weighted by Crippen LogP contribution is 2.58. The zero-order chi connectivity index (χ0) is 58.6. The second kappa shape index (κ2) is 24.9. The SMILES string of the molecule is C=Cc1ccc(OCCCCCCCCC2(c3ccccc3)C3=CC(N(c4ccc(C5=CC6C7CC(C8=CCC(C=C)C=C8)CC=C7N(c7ccccc7)C6C=C5)cc4)c4ccc(-c5ccc(C(C)(C)C)cc5)cc4)CC=C3c3ccccc32)cc1. The molecule has 1 heterocycles. The highest BCUT2D eigenvalue weighted by Gasteiger charge is 2.49. The maximum atomic E-state index is 6.10. The third kappa shape index (κ3) is 11.3. The van der Waals surface area contributed by atoms with Gasteiger partial charge in [0.25, 0.3) is 0 Å². The molecule has 7 aromatic rings. The predicted octanol–water partition coefficient (Wildman–Crippen LogP) is 21.4. The fraction of sp³-hybridized carbons (Fsp3) is 0.277. The topological polar surface area (TPSA) is 15.7 Å². The highest BCUT2D eigenvalue weighted by molar-refractivity contribution is 5.93. The van der Waals surface area contributed by atoms with E-state index in [1.54, 1.807) is 0 Å². The van der Waals surface area contributed by atoms with Crippen molar-refractivity contribution in [3.63, 3.8) is 0 Å². The van der Waals surface area contributed by atoms with Gasteiger partial charge in [-0.2, -0.15) is 0 Å². The minimum absolute atomic E-state index is 0.0781. The van der Waals surface area contributed by atoms with E-state index in [0.29, 0.717) is 23.7 Å². The number of unbranched alkanes of at least 4 members (excludes halogenated alkanes) is 5. The van der Waals surface area contributed by atoms with Crippen molar-refractivity contribution in [2.24, 2.45) is 23.7 Å². The van der Waals surface area contributed by atoms with E-state index in [1.807, 2.05) is 18.2 Å². The van der Waals surface area contributed by atoms with Crippen molar-refractivity contribution in [2.45, 2.75) is 114 Å². The number of ether oxygens (including phenoxy) is 1. The van der Waals surface area contributed by atoms with Crippen molar-refractivity contribution in [1.29, 1.82) is 0 Å². The number of para-hydroxylation sites is 1. The van der Waals surface area contributed by atoms with Gasteiger partial charge in [0.05, 0.1) is 18.7 Å². The van der Waals surface area contributed by atoms with E-state index in [9.17, 15) is 0 Å². The number of hydrogen-bond donors (Lipinski definition) is 0. The molecule has 6 aliphatic rings. The Hall–Kier alpha value is -8.40. The molecule has 3 heteroatoms. The number of rotatable bonds is 20. The molecule has 5 aliphatic carbocycles. The molecule has 0 saturated carbocycles. The molecule has 0 aromatic heterocycles. The Morgan fingerprint density at radius 2 is 1.28 bits per heavy atom. The van der Waals surface area contributed by atoms with Crippen LogP contribution in [0.1, 0.15) is 125 Å². The Balaban J connectivity index is 0.808. The zero-order valence-corrected chi connectivity index (χ0v) is 50.8. The van der Waals surface area contributed by atoms with E-state index in [0.717, 1.165) is 62.9 Å². The summed E-state index contributed by atoms with van der Waals surface area (Å²) in [7, 11) is 0. The molecule has 13 rings (SSSR count). The summed E-state index contributed by atoms with van der Waals surface area (Å²) < 4.78 is 6.10. The van der Waals surface area contributed by atoms with Gasteiger partial charge in [-0.25, -0.2) is 0 Å². The first-order chi connectivity index (χ1) is 42.2. The molecule has 0 spiro atoms. The Bertz CT molecular complexity index is 3770. The Kier molecular flexibility index (Phi) is 16.4. The summed E-state index contributed by atoms with van der Waals surface area (Å²) in [5.41, 5.74) is 21.1. The van der Waals surface area contributed by atoms with Crippen LogP contribution in [-0.4, -0.2) is 18.7 Å². The molecule has 7 atom stereocenters. The van der Waals surface area contributed by atoms with Crippen molar-refractivity contribution in [2.75, 3.05) is 16.4 Å². The predicted molar refractivity (Wildman–Crippen MR) is 365 cm³/mol. The monoisotopic (exact) mass is 1120 g/mol. The maximum absolute atomic E-state index is 6.10. The third-order valence-electron chi connectivity index (χ3n) is 19.8. The Labute approximate surface area is 513 Å². The van der Waals surface area contributed by atoms with Crippen LogP contribution in [0.25, 0.3) is 28.3 Å². The van der Waals surface area contributed by atoms with Crippen LogP contribution in [0.3, 0.4) is 0 Å². The van der Waals surface area contributed by atoms with Crippen molar-refractivity contribution in [3.05, 3.63) is 306 Å². The molecule has 86 heavy (non-hydrogen) atoms. The number of allylic oxidation sites excluding steroid dienone is 11. The average molecular weight is 1130 g/mol. The van der Waals surface area contributed by atoms with E-state index in [-0.39, 0.29) is 22.9 Å². The van der Waals surface area contributed by atoms with Crippen molar-refractivity contribution in [3.8, 4) is 16.9 Å². The lowest BCUT2D eigenvalue weighted by Gasteiger charge is -2.38. The number of anilines is 3. The summed E-state index contributed by atoms with van der Waals surface area (Å²) in [6.07, 6.45) is 38.9. The van der Waals surface area contributed by atoms with Crippen molar-refractivity contribution >= 4 is 34.3 Å². The van der Waals surface area contributed by atoms with Gasteiger partial charge in [0, 0.05) is 40.0 Å². The number of fused-ring (bicyclic) bond motifs is 6. The van der Waals surface area contributed by atoms with Crippen molar-refractivity contribution in [1.82, 2.24) is 0 Å². The highest BCUT2D eigenvalue weighted by atomic mass is 16.5. The van der Waals surface area contributed by atoms with Gasteiger partial charge in [-0.3, -0.25) is 0 Å². The van der Waals surface area contributed by atoms with Crippen LogP contribution in [0.4, 0.5) is 17.1 Å². The van der Waals surface area contributed by atoms with E-state index in [1.165, 1.54) is 110 Å². The van der Waals surface area contributed by atoms with Gasteiger partial charge in [-0.05, 0) is 171 Å². The van der Waals surface area contributed by atoms with Gasteiger partial charge in [-0.15, -0.1) is 6.58 Å². The number of nitrogens with zero attached hydrogens (tertiary/aromatic N) is 2. The molecular formula is C83H84N2O. The van der Waals surface area contributed by atoms with Crippen LogP contribution in [0, 0.1) is 23.7 Å². The summed E-state index contributed by atoms with van der Waals surface area (Å²) in [4.78, 5) is 5.29. The minimum Gasteiger partial charge on any atom is -0.494 e. The lowest BCUT2D eigenvalue weighted by atomic mass is 9.68. The first-order valence-electron chi connectivity index (χ1n) is 32.2. The summed E-state index contributed by atoms with van der Waals surface area (Å²) in [6.45, 7) is 15.6. The molecule has 1 aliphatic heterocycles. The fourth-order valence-corrected chi connectivity index (χ4v) is 15.2. The second-order valence-corrected chi connectivity index (χ2v) is 26.0. The lowest BCUT2D eigenvalue weighted by molar-refractivity contribution is 0.304. The number of benzene rings is 7. The quantitative estimate of drug-likeness (QED) is 0.0559. The smallest absolute Gasteiger partial charge is 0.119 e. The van der Waals surface area contributed by atoms with Crippen LogP contribution in [-0.2, 0) is 10.8 Å². The largest absolute Gasteiger partial charge is 0.494 e. The first kappa shape index (κ1) is 56.7. The van der Waals surface area contributed by atoms with E-state index in [4.69, 9.17) is 4.74 Å². The Morgan fingerprint density at radius 3 is 1.97 bits per heavy atom. The molecule has 0 bridgehead atoms. The van der Waals surface area contributed by atoms with Gasteiger partial charge in [0.15, 0.2) is 0 Å². The summed E-state index contributed by atoms with van der Waals surface area (Å²) in [5.74, 6) is 2.70. The van der Waals surface area contributed by atoms with E-state index in [2.05, 4.69) is 274 Å². The summed E-state index contributed by atoms with van der Waals surface area (Å²) >= 11 is 0. The molecule has 7 unspecified atom stereocenters. The van der Waals surface area contributed by atoms with Crippen LogP contribution in [0.5, 0.6) is 5.75 Å². The van der Waals surface area contributed by atoms with Crippen LogP contribution < -0.4 is 14.5 Å². The van der Waals surface area contributed by atoms with E-state index < -0.39 is 0 Å². The maximum Gasteiger partial charge on any atom is 0.119 e. The summed E-state index contributed by atoms with van der Waals surface area (Å²) in [5, 5.41) is 0. The van der Waals surface area contributed by atoms with Crippen LogP contribution >= 0.6 is 0 Å². The lowest BCUT2D eigenvalue weighted by Crippen LogP contribution is -2.34. The standard InChI is InChI=1S/C83H84N2O/c1-6-59-28-32-63(33-29-59)65-40-52-80-76(56-65)77-57-66(41-53-81(77)85(80)69-24-16-13-17-25-69)64-38-46-71(47-39-64)84(70-44-36-62(37-45-70)61-34-42-67(43-35-61)82(3,4)5)72-48-51-75-74-26-18-19-27-78(74)83(79(75)58-72,68-22-14-12-15-23-68)54-20-10-8-9-11-21-55-86-73-49-30-60(7-2)31-50-73/h6-7,12-19,22-28,30-39,41-47,49-53,57-59,65,72,76-77,81H,1-2,8-11,20-21,29,40,48,54-56H2,3-5H3. The van der Waals surface area contributed by atoms with Gasteiger partial charge < -0.3 is 14.5 Å². The molecule has 0 N–H and O–H groups in total. The normalized spacial score (nSPS) is 22.7. The molecule has 0 radical (unpaired) electrons. The van der Waals surface area contributed by atoms with Gasteiger partial charge in [-0.1, -0.05) is 260 Å². The Morgan fingerprint density at radius 1 is 0.616 bits per heavy atom. The van der Waals surface area contributed by atoms with E-state index >= 15 is 0 Å². The van der Waals surface area contributed by atoms with Gasteiger partial charge >= 0.3 is 0 Å². The van der Waals surface area contributed by atoms with Crippen LogP contribution in [0.15, 0.2) is 273 Å². The molecule has 7 aromatic carbocycles. The molecule has 1 saturated heterocycles. The molecule has 432 valence electrons. The molecule has 3 nitrogen and oxygen atoms in total. The molecule has 0 amide bonds.